The van der Waals surface area contributed by atoms with Gasteiger partial charge in [-0.05, 0) is 103 Å². The molecule has 0 fully saturated rings. The van der Waals surface area contributed by atoms with Gasteiger partial charge in [0.15, 0.2) is 0 Å². The zero-order valence-electron chi connectivity index (χ0n) is 28.6. The number of carbonyl (C=O) groups is 3. The lowest BCUT2D eigenvalue weighted by Gasteiger charge is -2.36. The number of anilines is 2. The smallest absolute Gasteiger partial charge is 0.323 e. The largest absolute Gasteiger partial charge is 0.490 e. The number of nitrogens with zero attached hydrogens (tertiary/aromatic N) is 3. The summed E-state index contributed by atoms with van der Waals surface area (Å²) in [6.07, 6.45) is 3.06. The molecule has 0 saturated carbocycles. The first-order valence-electron chi connectivity index (χ1n) is 16.4. The molecular formula is C35H52FN5O6. The molecule has 2 aromatic rings. The lowest BCUT2D eigenvalue weighted by Crippen LogP contribution is -2.48. The van der Waals surface area contributed by atoms with E-state index in [1.165, 1.54) is 24.3 Å². The van der Waals surface area contributed by atoms with Crippen LogP contribution in [-0.4, -0.2) is 110 Å². The first-order chi connectivity index (χ1) is 22.4. The molecule has 3 rings (SSSR count). The van der Waals surface area contributed by atoms with E-state index in [9.17, 15) is 23.9 Å². The van der Waals surface area contributed by atoms with Crippen molar-refractivity contribution in [2.24, 2.45) is 5.92 Å². The number of nitrogens with one attached hydrogen (secondary N) is 2. The molecule has 11 nitrogen and oxygen atoms in total. The van der Waals surface area contributed by atoms with Crippen LogP contribution in [0.15, 0.2) is 42.5 Å². The molecule has 0 aromatic heterocycles. The molecule has 1 aliphatic heterocycles. The molecule has 12 heteroatoms. The Labute approximate surface area is 278 Å². The Morgan fingerprint density at radius 3 is 2.43 bits per heavy atom. The maximum Gasteiger partial charge on any atom is 0.323 e. The minimum Gasteiger partial charge on any atom is -0.490 e. The number of urea groups is 1. The Kier molecular flexibility index (Phi) is 14.9. The van der Waals surface area contributed by atoms with Gasteiger partial charge in [0, 0.05) is 50.5 Å². The summed E-state index contributed by atoms with van der Waals surface area (Å²) in [5.41, 5.74) is 1.01. The molecule has 1 aliphatic rings. The molecule has 260 valence electrons. The van der Waals surface area contributed by atoms with Crippen LogP contribution in [0, 0.1) is 11.7 Å². The predicted molar refractivity (Wildman–Crippen MR) is 181 cm³/mol. The van der Waals surface area contributed by atoms with Crippen molar-refractivity contribution in [1.82, 2.24) is 14.7 Å². The second-order valence-corrected chi connectivity index (χ2v) is 12.8. The quantitative estimate of drug-likeness (QED) is 0.326. The number of fused-ring (bicyclic) bond motifs is 1. The fraction of sp³-hybridized carbons (Fsp3) is 0.571. The number of benzene rings is 2. The zero-order valence-corrected chi connectivity index (χ0v) is 28.6. The SMILES string of the molecule is C[C@@H]1CCCCO[C@@H](CN(C)C(=O)CCCN(C)C)[C@H](C)CN([C@@H](C)CO)C(=O)c2cc(NC(=O)Nc3ccc(F)cc3)ccc2O1. The van der Waals surface area contributed by atoms with Gasteiger partial charge in [0.1, 0.15) is 11.6 Å². The number of carbonyl (C=O) groups excluding carboxylic acids is 3. The van der Waals surface area contributed by atoms with Gasteiger partial charge < -0.3 is 39.9 Å². The van der Waals surface area contributed by atoms with Crippen LogP contribution in [0.3, 0.4) is 0 Å². The third kappa shape index (κ3) is 12.1. The molecule has 1 heterocycles. The van der Waals surface area contributed by atoms with Gasteiger partial charge in [-0.3, -0.25) is 9.59 Å². The van der Waals surface area contributed by atoms with Crippen LogP contribution >= 0.6 is 0 Å². The van der Waals surface area contributed by atoms with E-state index in [0.717, 1.165) is 32.2 Å². The highest BCUT2D eigenvalue weighted by atomic mass is 19.1. The summed E-state index contributed by atoms with van der Waals surface area (Å²) >= 11 is 0. The Morgan fingerprint density at radius 1 is 1.06 bits per heavy atom. The number of aliphatic hydroxyl groups is 1. The number of hydrogen-bond donors (Lipinski definition) is 3. The van der Waals surface area contributed by atoms with E-state index in [4.69, 9.17) is 9.47 Å². The molecule has 0 radical (unpaired) electrons. The van der Waals surface area contributed by atoms with Crippen molar-refractivity contribution in [2.75, 3.05) is 64.6 Å². The second-order valence-electron chi connectivity index (χ2n) is 12.8. The molecule has 0 bridgehead atoms. The number of halogens is 1. The number of rotatable bonds is 10. The average molecular weight is 658 g/mol. The van der Waals surface area contributed by atoms with Gasteiger partial charge in [0.25, 0.3) is 5.91 Å². The Bertz CT molecular complexity index is 1310. The summed E-state index contributed by atoms with van der Waals surface area (Å²) < 4.78 is 25.9. The van der Waals surface area contributed by atoms with E-state index in [1.54, 1.807) is 42.0 Å². The van der Waals surface area contributed by atoms with Gasteiger partial charge in [-0.2, -0.15) is 0 Å². The minimum absolute atomic E-state index is 0.0436. The van der Waals surface area contributed by atoms with Crippen molar-refractivity contribution in [3.8, 4) is 5.75 Å². The lowest BCUT2D eigenvalue weighted by molar-refractivity contribution is -0.132. The van der Waals surface area contributed by atoms with Gasteiger partial charge in [0.2, 0.25) is 5.91 Å². The van der Waals surface area contributed by atoms with Crippen molar-refractivity contribution in [2.45, 2.75) is 71.1 Å². The highest BCUT2D eigenvalue weighted by Gasteiger charge is 2.31. The summed E-state index contributed by atoms with van der Waals surface area (Å²) in [6, 6.07) is 9.17. The van der Waals surface area contributed by atoms with E-state index in [1.807, 2.05) is 27.9 Å². The topological polar surface area (TPSA) is 124 Å². The minimum atomic E-state index is -0.561. The lowest BCUT2D eigenvalue weighted by atomic mass is 10.0. The summed E-state index contributed by atoms with van der Waals surface area (Å²) in [6.45, 7) is 7.41. The molecule has 0 spiro atoms. The van der Waals surface area contributed by atoms with Crippen LogP contribution in [-0.2, 0) is 9.53 Å². The number of likely N-dealkylation sites (N-methyl/N-ethyl adjacent to an activating group) is 1. The van der Waals surface area contributed by atoms with Crippen molar-refractivity contribution >= 4 is 29.2 Å². The summed E-state index contributed by atoms with van der Waals surface area (Å²) in [7, 11) is 5.75. The third-order valence-electron chi connectivity index (χ3n) is 8.29. The number of amides is 4. The van der Waals surface area contributed by atoms with Gasteiger partial charge in [-0.25, -0.2) is 9.18 Å². The van der Waals surface area contributed by atoms with Crippen molar-refractivity contribution < 1.29 is 33.4 Å². The molecule has 3 N–H and O–H groups in total. The molecule has 2 aromatic carbocycles. The zero-order chi connectivity index (χ0) is 34.5. The fourth-order valence-corrected chi connectivity index (χ4v) is 5.40. The van der Waals surface area contributed by atoms with E-state index in [-0.39, 0.29) is 48.7 Å². The average Bonchev–Trinajstić information content (AvgIpc) is 3.03. The molecule has 0 unspecified atom stereocenters. The molecule has 0 saturated heterocycles. The number of aliphatic hydroxyl groups excluding tert-OH is 1. The summed E-state index contributed by atoms with van der Waals surface area (Å²) in [5.74, 6) is -0.546. The van der Waals surface area contributed by atoms with Crippen LogP contribution in [0.1, 0.15) is 63.2 Å². The Balaban J connectivity index is 1.87. The van der Waals surface area contributed by atoms with E-state index in [2.05, 4.69) is 15.5 Å². The second kappa shape index (κ2) is 18.6. The first kappa shape index (κ1) is 37.7. The van der Waals surface area contributed by atoms with Crippen molar-refractivity contribution in [1.29, 1.82) is 0 Å². The molecule has 0 aliphatic carbocycles. The highest BCUT2D eigenvalue weighted by molar-refractivity contribution is 6.02. The van der Waals surface area contributed by atoms with Crippen LogP contribution in [0.2, 0.25) is 0 Å². The van der Waals surface area contributed by atoms with Crippen molar-refractivity contribution in [3.63, 3.8) is 0 Å². The van der Waals surface area contributed by atoms with Gasteiger partial charge in [0.05, 0.1) is 30.4 Å². The summed E-state index contributed by atoms with van der Waals surface area (Å²) in [5, 5.41) is 15.6. The fourth-order valence-electron chi connectivity index (χ4n) is 5.40. The monoisotopic (exact) mass is 657 g/mol. The van der Waals surface area contributed by atoms with Gasteiger partial charge in [-0.15, -0.1) is 0 Å². The highest BCUT2D eigenvalue weighted by Crippen LogP contribution is 2.29. The van der Waals surface area contributed by atoms with Crippen LogP contribution in [0.25, 0.3) is 0 Å². The maximum atomic E-state index is 14.3. The Morgan fingerprint density at radius 2 is 1.74 bits per heavy atom. The molecule has 4 atom stereocenters. The van der Waals surface area contributed by atoms with E-state index in [0.29, 0.717) is 36.7 Å². The van der Waals surface area contributed by atoms with E-state index >= 15 is 0 Å². The number of ether oxygens (including phenoxy) is 2. The van der Waals surface area contributed by atoms with Crippen LogP contribution in [0.4, 0.5) is 20.6 Å². The van der Waals surface area contributed by atoms with Crippen LogP contribution in [0.5, 0.6) is 5.75 Å². The molecular weight excluding hydrogens is 605 g/mol. The summed E-state index contributed by atoms with van der Waals surface area (Å²) in [4.78, 5) is 45.3. The van der Waals surface area contributed by atoms with Gasteiger partial charge in [-0.1, -0.05) is 6.92 Å². The normalized spacial score (nSPS) is 20.1. The first-order valence-corrected chi connectivity index (χ1v) is 16.4. The van der Waals surface area contributed by atoms with Crippen LogP contribution < -0.4 is 15.4 Å². The predicted octanol–water partition coefficient (Wildman–Crippen LogP) is 5.07. The third-order valence-corrected chi connectivity index (χ3v) is 8.29. The van der Waals surface area contributed by atoms with E-state index < -0.39 is 17.9 Å². The Hall–Kier alpha value is -3.74. The standard InChI is InChI=1S/C35H52FN5O6/c1-24-21-41(25(2)23-42)34(44)30-20-29(38-35(45)37-28-14-12-27(36)13-15-28)16-17-31(30)47-26(3)10-7-8-19-46-32(24)22-40(6)33(43)11-9-18-39(4)5/h12-17,20,24-26,32,42H,7-11,18-19,21-23H2,1-6H3,(H2,37,38,45)/t24-,25+,26-,32+/m1/s1. The number of hydrogen-bond acceptors (Lipinski definition) is 7. The molecule has 47 heavy (non-hydrogen) atoms. The maximum absolute atomic E-state index is 14.3. The van der Waals surface area contributed by atoms with Crippen molar-refractivity contribution in [3.05, 3.63) is 53.8 Å². The molecule has 4 amide bonds. The van der Waals surface area contributed by atoms with Gasteiger partial charge >= 0.3 is 6.03 Å².